The van der Waals surface area contributed by atoms with Crippen LogP contribution in [-0.2, 0) is 14.8 Å². The largest absolute Gasteiger partial charge is 0.481 e. The Kier molecular flexibility index (Phi) is 7.50. The van der Waals surface area contributed by atoms with Crippen LogP contribution in [0.15, 0.2) is 89.8 Å². The van der Waals surface area contributed by atoms with E-state index in [9.17, 15) is 13.2 Å². The van der Waals surface area contributed by atoms with Crippen LogP contribution in [0.5, 0.6) is 5.75 Å². The van der Waals surface area contributed by atoms with Crippen molar-refractivity contribution in [3.8, 4) is 5.75 Å². The molecule has 4 rings (SSSR count). The summed E-state index contributed by atoms with van der Waals surface area (Å²) in [5.41, 5.74) is 0.657. The second kappa shape index (κ2) is 10.6. The third-order valence-corrected chi connectivity index (χ3v) is 7.20. The highest BCUT2D eigenvalue weighted by molar-refractivity contribution is 7.92. The predicted octanol–water partition coefficient (Wildman–Crippen LogP) is 6.74. The van der Waals surface area contributed by atoms with Gasteiger partial charge in [0.2, 0.25) is 0 Å². The smallest absolute Gasteiger partial charge is 0.265 e. The zero-order valence-electron chi connectivity index (χ0n) is 18.7. The van der Waals surface area contributed by atoms with Gasteiger partial charge in [-0.25, -0.2) is 8.42 Å². The Morgan fingerprint density at radius 2 is 1.63 bits per heavy atom. The number of hydrogen-bond acceptors (Lipinski definition) is 4. The number of hydrogen-bond donors (Lipinski definition) is 2. The van der Waals surface area contributed by atoms with Crippen LogP contribution in [0.3, 0.4) is 0 Å². The van der Waals surface area contributed by atoms with Gasteiger partial charge in [-0.2, -0.15) is 0 Å². The summed E-state index contributed by atoms with van der Waals surface area (Å²) in [7, 11) is -3.89. The van der Waals surface area contributed by atoms with Crippen molar-refractivity contribution in [3.63, 3.8) is 0 Å². The molecule has 4 aromatic rings. The van der Waals surface area contributed by atoms with Crippen molar-refractivity contribution in [1.29, 1.82) is 0 Å². The van der Waals surface area contributed by atoms with Crippen LogP contribution >= 0.6 is 23.2 Å². The van der Waals surface area contributed by atoms with E-state index in [1.165, 1.54) is 42.5 Å². The maximum Gasteiger partial charge on any atom is 0.265 e. The van der Waals surface area contributed by atoms with E-state index in [4.69, 9.17) is 27.9 Å². The third-order valence-electron chi connectivity index (χ3n) is 5.27. The first-order valence-corrected chi connectivity index (χ1v) is 13.0. The minimum Gasteiger partial charge on any atom is -0.481 e. The van der Waals surface area contributed by atoms with Crippen molar-refractivity contribution < 1.29 is 17.9 Å². The van der Waals surface area contributed by atoms with Crippen LogP contribution < -0.4 is 14.8 Å². The van der Waals surface area contributed by atoms with Crippen LogP contribution in [-0.4, -0.2) is 20.4 Å². The van der Waals surface area contributed by atoms with Gasteiger partial charge in [0.1, 0.15) is 5.75 Å². The van der Waals surface area contributed by atoms with E-state index in [1.807, 2.05) is 49.4 Å². The van der Waals surface area contributed by atoms with Crippen LogP contribution in [0.2, 0.25) is 10.0 Å². The molecule has 1 atom stereocenters. The van der Waals surface area contributed by atoms with E-state index in [2.05, 4.69) is 10.0 Å². The fourth-order valence-electron chi connectivity index (χ4n) is 3.44. The highest BCUT2D eigenvalue weighted by Gasteiger charge is 2.20. The summed E-state index contributed by atoms with van der Waals surface area (Å²) in [6, 6.07) is 23.8. The molecule has 0 aliphatic heterocycles. The fraction of sp³-hybridized carbons (Fsp3) is 0.115. The molecular formula is C26H22Cl2N2O4S. The average molecular weight is 529 g/mol. The van der Waals surface area contributed by atoms with E-state index in [1.54, 1.807) is 0 Å². The number of nitrogens with one attached hydrogen (secondary N) is 2. The van der Waals surface area contributed by atoms with Gasteiger partial charge in [-0.1, -0.05) is 60.5 Å². The molecule has 0 bridgehead atoms. The molecule has 0 spiro atoms. The predicted molar refractivity (Wildman–Crippen MR) is 141 cm³/mol. The molecule has 0 saturated carbocycles. The van der Waals surface area contributed by atoms with Crippen LogP contribution in [0.25, 0.3) is 10.8 Å². The molecule has 4 aromatic carbocycles. The van der Waals surface area contributed by atoms with Gasteiger partial charge < -0.3 is 10.1 Å². The Morgan fingerprint density at radius 3 is 2.31 bits per heavy atom. The molecule has 180 valence electrons. The number of ether oxygens (including phenoxy) is 1. The molecule has 35 heavy (non-hydrogen) atoms. The number of fused-ring (bicyclic) bond motifs is 1. The fourth-order valence-corrected chi connectivity index (χ4v) is 5.03. The summed E-state index contributed by atoms with van der Waals surface area (Å²) >= 11 is 11.9. The van der Waals surface area contributed by atoms with Gasteiger partial charge in [-0.15, -0.1) is 0 Å². The number of carbonyl (C=O) groups excluding carboxylic acids is 1. The Morgan fingerprint density at radius 1 is 0.914 bits per heavy atom. The van der Waals surface area contributed by atoms with Gasteiger partial charge >= 0.3 is 0 Å². The van der Waals surface area contributed by atoms with E-state index < -0.39 is 16.1 Å². The zero-order chi connectivity index (χ0) is 25.0. The van der Waals surface area contributed by atoms with E-state index >= 15 is 0 Å². The topological polar surface area (TPSA) is 84.5 Å². The summed E-state index contributed by atoms with van der Waals surface area (Å²) in [5, 5.41) is 5.46. The first kappa shape index (κ1) is 24.9. The molecule has 2 N–H and O–H groups in total. The van der Waals surface area contributed by atoms with Crippen molar-refractivity contribution in [2.45, 2.75) is 24.3 Å². The SMILES string of the molecule is CC[C@@H](Oc1ccc2ccccc2c1)C(=O)Nc1ccc(S(=O)(=O)Nc2ccc(Cl)cc2Cl)cc1. The number of rotatable bonds is 8. The van der Waals surface area contributed by atoms with Crippen LogP contribution in [0.1, 0.15) is 13.3 Å². The molecule has 0 radical (unpaired) electrons. The van der Waals surface area contributed by atoms with E-state index in [-0.39, 0.29) is 21.5 Å². The minimum atomic E-state index is -3.89. The van der Waals surface area contributed by atoms with Gasteiger partial charge in [0.25, 0.3) is 15.9 Å². The van der Waals surface area contributed by atoms with Crippen LogP contribution in [0, 0.1) is 0 Å². The Labute approximate surface area is 213 Å². The van der Waals surface area contributed by atoms with Gasteiger partial charge in [0.05, 0.1) is 15.6 Å². The molecular weight excluding hydrogens is 507 g/mol. The van der Waals surface area contributed by atoms with Crippen molar-refractivity contribution in [2.75, 3.05) is 10.0 Å². The maximum atomic E-state index is 12.8. The molecule has 1 amide bonds. The number of anilines is 2. The lowest BCUT2D eigenvalue weighted by molar-refractivity contribution is -0.122. The molecule has 0 heterocycles. The van der Waals surface area contributed by atoms with Gasteiger partial charge in [0, 0.05) is 10.7 Å². The maximum absolute atomic E-state index is 12.8. The number of benzene rings is 4. The summed E-state index contributed by atoms with van der Waals surface area (Å²) in [6.45, 7) is 1.86. The van der Waals surface area contributed by atoms with Crippen molar-refractivity contribution in [2.24, 2.45) is 0 Å². The molecule has 0 fully saturated rings. The Hall–Kier alpha value is -3.26. The number of sulfonamides is 1. The molecule has 9 heteroatoms. The molecule has 0 aromatic heterocycles. The first-order chi connectivity index (χ1) is 16.7. The molecule has 0 aliphatic carbocycles. The van der Waals surface area contributed by atoms with E-state index in [0.29, 0.717) is 22.9 Å². The summed E-state index contributed by atoms with van der Waals surface area (Å²) in [4.78, 5) is 12.8. The second-order valence-electron chi connectivity index (χ2n) is 7.77. The normalized spacial score (nSPS) is 12.2. The number of amides is 1. The first-order valence-electron chi connectivity index (χ1n) is 10.8. The zero-order valence-corrected chi connectivity index (χ0v) is 21.0. The molecule has 0 saturated heterocycles. The molecule has 6 nitrogen and oxygen atoms in total. The van der Waals surface area contributed by atoms with Crippen molar-refractivity contribution in [1.82, 2.24) is 0 Å². The standard InChI is InChI=1S/C26H22Cl2N2O4S/c1-2-25(34-21-11-7-17-5-3-4-6-18(17)15-21)26(31)29-20-9-12-22(13-10-20)35(32,33)30-24-14-8-19(27)16-23(24)28/h3-16,25,30H,2H2,1H3,(H,29,31)/t25-/m1/s1. The van der Waals surface area contributed by atoms with Gasteiger partial charge in [-0.3, -0.25) is 9.52 Å². The second-order valence-corrected chi connectivity index (χ2v) is 10.3. The summed E-state index contributed by atoms with van der Waals surface area (Å²) < 4.78 is 33.8. The quantitative estimate of drug-likeness (QED) is 0.265. The lowest BCUT2D eigenvalue weighted by Gasteiger charge is -2.18. The highest BCUT2D eigenvalue weighted by Crippen LogP contribution is 2.28. The van der Waals surface area contributed by atoms with Gasteiger partial charge in [0.15, 0.2) is 6.10 Å². The summed E-state index contributed by atoms with van der Waals surface area (Å²) in [5.74, 6) is 0.265. The lowest BCUT2D eigenvalue weighted by Crippen LogP contribution is -2.32. The van der Waals surface area contributed by atoms with E-state index in [0.717, 1.165) is 10.8 Å². The molecule has 0 unspecified atom stereocenters. The molecule has 0 aliphatic rings. The summed E-state index contributed by atoms with van der Waals surface area (Å²) in [6.07, 6.45) is -0.259. The monoisotopic (exact) mass is 528 g/mol. The number of halogens is 2. The highest BCUT2D eigenvalue weighted by atomic mass is 35.5. The number of carbonyl (C=O) groups is 1. The Bertz CT molecular complexity index is 1470. The Balaban J connectivity index is 1.43. The van der Waals surface area contributed by atoms with Crippen molar-refractivity contribution in [3.05, 3.63) is 95.0 Å². The average Bonchev–Trinajstić information content (AvgIpc) is 2.84. The third kappa shape index (κ3) is 6.06. The van der Waals surface area contributed by atoms with Crippen LogP contribution in [0.4, 0.5) is 11.4 Å². The van der Waals surface area contributed by atoms with Gasteiger partial charge in [-0.05, 0) is 71.8 Å². The van der Waals surface area contributed by atoms with Crippen molar-refractivity contribution >= 4 is 61.3 Å². The lowest BCUT2D eigenvalue weighted by atomic mass is 10.1. The minimum absolute atomic E-state index is 0.0148.